The Morgan fingerprint density at radius 1 is 1.29 bits per heavy atom. The SMILES string of the molecule is Cc1cc(CCC(O)C=C[C@H]2C(O)CC(O)[C@@H]2CC=CCCCC(=O)OC(C)C)cs1. The average Bonchev–Trinajstić information content (AvgIpc) is 3.22. The number of allylic oxidation sites excluding steroid dienone is 2. The molecular weight excluding hydrogens is 412 g/mol. The van der Waals surface area contributed by atoms with Crippen molar-refractivity contribution < 1.29 is 24.9 Å². The molecule has 0 aliphatic heterocycles. The zero-order valence-electron chi connectivity index (χ0n) is 18.9. The number of hydrogen-bond donors (Lipinski definition) is 3. The number of ether oxygens (including phenoxy) is 1. The topological polar surface area (TPSA) is 87.0 Å². The zero-order valence-corrected chi connectivity index (χ0v) is 19.8. The van der Waals surface area contributed by atoms with Gasteiger partial charge in [-0.25, -0.2) is 0 Å². The van der Waals surface area contributed by atoms with Crippen LogP contribution in [-0.2, 0) is 16.0 Å². The molecule has 0 saturated heterocycles. The molecule has 1 aromatic rings. The van der Waals surface area contributed by atoms with Crippen molar-refractivity contribution in [2.24, 2.45) is 11.8 Å². The van der Waals surface area contributed by atoms with Crippen LogP contribution >= 0.6 is 11.3 Å². The molecule has 0 aromatic carbocycles. The number of carbonyl (C=O) groups excluding carboxylic acids is 1. The van der Waals surface area contributed by atoms with E-state index in [1.807, 2.05) is 32.1 Å². The normalized spacial score (nSPS) is 25.1. The summed E-state index contributed by atoms with van der Waals surface area (Å²) < 4.78 is 5.12. The van der Waals surface area contributed by atoms with Crippen LogP contribution in [0.5, 0.6) is 0 Å². The number of hydrogen-bond acceptors (Lipinski definition) is 6. The van der Waals surface area contributed by atoms with E-state index in [0.29, 0.717) is 25.7 Å². The number of aryl methyl sites for hydroxylation is 2. The lowest BCUT2D eigenvalue weighted by Gasteiger charge is -2.19. The van der Waals surface area contributed by atoms with Crippen LogP contribution in [0.25, 0.3) is 0 Å². The van der Waals surface area contributed by atoms with E-state index in [4.69, 9.17) is 4.74 Å². The minimum atomic E-state index is -0.595. The Labute approximate surface area is 190 Å². The molecule has 0 radical (unpaired) electrons. The second kappa shape index (κ2) is 13.2. The highest BCUT2D eigenvalue weighted by atomic mass is 32.1. The van der Waals surface area contributed by atoms with Crippen LogP contribution < -0.4 is 0 Å². The third-order valence-corrected chi connectivity index (χ3v) is 6.59. The largest absolute Gasteiger partial charge is 0.463 e. The highest BCUT2D eigenvalue weighted by Gasteiger charge is 2.39. The molecule has 0 spiro atoms. The molecule has 1 aliphatic rings. The van der Waals surface area contributed by atoms with E-state index in [2.05, 4.69) is 18.4 Å². The van der Waals surface area contributed by atoms with Crippen LogP contribution in [0.2, 0.25) is 0 Å². The lowest BCUT2D eigenvalue weighted by molar-refractivity contribution is -0.147. The number of unbranched alkanes of at least 4 members (excludes halogenated alkanes) is 1. The fourth-order valence-electron chi connectivity index (χ4n) is 4.06. The van der Waals surface area contributed by atoms with Gasteiger partial charge in [-0.15, -0.1) is 11.3 Å². The van der Waals surface area contributed by atoms with Crippen molar-refractivity contribution in [3.8, 4) is 0 Å². The van der Waals surface area contributed by atoms with Gasteiger partial charge in [0.15, 0.2) is 0 Å². The molecule has 1 aliphatic carbocycles. The monoisotopic (exact) mass is 450 g/mol. The van der Waals surface area contributed by atoms with Gasteiger partial charge in [0, 0.05) is 23.6 Å². The Morgan fingerprint density at radius 3 is 2.74 bits per heavy atom. The summed E-state index contributed by atoms with van der Waals surface area (Å²) in [7, 11) is 0. The van der Waals surface area contributed by atoms with E-state index in [-0.39, 0.29) is 23.9 Å². The first-order valence-corrected chi connectivity index (χ1v) is 12.2. The Bertz CT molecular complexity index is 723. The smallest absolute Gasteiger partial charge is 0.306 e. The molecule has 1 fully saturated rings. The van der Waals surface area contributed by atoms with Gasteiger partial charge >= 0.3 is 5.97 Å². The minimum Gasteiger partial charge on any atom is -0.463 e. The van der Waals surface area contributed by atoms with Crippen LogP contribution in [-0.4, -0.2) is 45.7 Å². The van der Waals surface area contributed by atoms with Crippen LogP contribution in [0, 0.1) is 18.8 Å². The molecule has 0 bridgehead atoms. The maximum atomic E-state index is 11.5. The lowest BCUT2D eigenvalue weighted by atomic mass is 9.89. The number of thiophene rings is 1. The van der Waals surface area contributed by atoms with Crippen molar-refractivity contribution in [3.63, 3.8) is 0 Å². The molecule has 2 rings (SSSR count). The van der Waals surface area contributed by atoms with Gasteiger partial charge in [0.05, 0.1) is 24.4 Å². The van der Waals surface area contributed by atoms with Crippen molar-refractivity contribution in [1.29, 1.82) is 0 Å². The van der Waals surface area contributed by atoms with E-state index in [9.17, 15) is 20.1 Å². The molecule has 3 unspecified atom stereocenters. The van der Waals surface area contributed by atoms with Gasteiger partial charge in [0.2, 0.25) is 0 Å². The molecule has 1 saturated carbocycles. The molecule has 174 valence electrons. The predicted molar refractivity (Wildman–Crippen MR) is 125 cm³/mol. The Kier molecular flexibility index (Phi) is 10.9. The van der Waals surface area contributed by atoms with Gasteiger partial charge in [-0.2, -0.15) is 0 Å². The summed E-state index contributed by atoms with van der Waals surface area (Å²) in [6.45, 7) is 5.76. The second-order valence-electron chi connectivity index (χ2n) is 8.81. The van der Waals surface area contributed by atoms with Crippen molar-refractivity contribution in [3.05, 3.63) is 46.2 Å². The number of aliphatic hydroxyl groups is 3. The molecule has 31 heavy (non-hydrogen) atoms. The maximum Gasteiger partial charge on any atom is 0.306 e. The van der Waals surface area contributed by atoms with Crippen molar-refractivity contribution in [1.82, 2.24) is 0 Å². The number of rotatable bonds is 12. The lowest BCUT2D eigenvalue weighted by Crippen LogP contribution is -2.20. The van der Waals surface area contributed by atoms with Crippen molar-refractivity contribution in [2.75, 3.05) is 0 Å². The summed E-state index contributed by atoms with van der Waals surface area (Å²) in [6.07, 6.45) is 10.3. The molecule has 5 nitrogen and oxygen atoms in total. The van der Waals surface area contributed by atoms with Crippen molar-refractivity contribution >= 4 is 17.3 Å². The molecule has 5 atom stereocenters. The van der Waals surface area contributed by atoms with E-state index in [0.717, 1.165) is 19.3 Å². The number of esters is 1. The first kappa shape index (κ1) is 25.8. The average molecular weight is 451 g/mol. The van der Waals surface area contributed by atoms with Gasteiger partial charge < -0.3 is 20.1 Å². The van der Waals surface area contributed by atoms with Gasteiger partial charge in [0.25, 0.3) is 0 Å². The third kappa shape index (κ3) is 9.27. The van der Waals surface area contributed by atoms with E-state index >= 15 is 0 Å². The Morgan fingerprint density at radius 2 is 2.06 bits per heavy atom. The van der Waals surface area contributed by atoms with Crippen LogP contribution in [0.15, 0.2) is 35.8 Å². The first-order valence-electron chi connectivity index (χ1n) is 11.4. The van der Waals surface area contributed by atoms with Gasteiger partial charge in [0.1, 0.15) is 0 Å². The quantitative estimate of drug-likeness (QED) is 0.251. The fourth-order valence-corrected chi connectivity index (χ4v) is 4.80. The molecule has 1 heterocycles. The third-order valence-electron chi connectivity index (χ3n) is 5.68. The zero-order chi connectivity index (χ0) is 22.8. The van der Waals surface area contributed by atoms with Gasteiger partial charge in [-0.1, -0.05) is 24.3 Å². The summed E-state index contributed by atoms with van der Waals surface area (Å²) in [6, 6.07) is 2.15. The Hall–Kier alpha value is -1.47. The summed E-state index contributed by atoms with van der Waals surface area (Å²) >= 11 is 1.72. The maximum absolute atomic E-state index is 11.5. The van der Waals surface area contributed by atoms with E-state index in [1.165, 1.54) is 10.4 Å². The van der Waals surface area contributed by atoms with Gasteiger partial charge in [-0.05, 0) is 75.8 Å². The Balaban J connectivity index is 1.76. The summed E-state index contributed by atoms with van der Waals surface area (Å²) in [5.74, 6) is -0.408. The number of carbonyl (C=O) groups is 1. The summed E-state index contributed by atoms with van der Waals surface area (Å²) in [5.41, 5.74) is 1.24. The summed E-state index contributed by atoms with van der Waals surface area (Å²) in [5, 5.41) is 33.2. The van der Waals surface area contributed by atoms with Gasteiger partial charge in [-0.3, -0.25) is 4.79 Å². The summed E-state index contributed by atoms with van der Waals surface area (Å²) in [4.78, 5) is 12.8. The van der Waals surface area contributed by atoms with E-state index in [1.54, 1.807) is 17.4 Å². The molecule has 6 heteroatoms. The highest BCUT2D eigenvalue weighted by molar-refractivity contribution is 7.10. The predicted octanol–water partition coefficient (Wildman–Crippen LogP) is 4.33. The van der Waals surface area contributed by atoms with Crippen LogP contribution in [0.1, 0.15) is 62.8 Å². The molecule has 3 N–H and O–H groups in total. The van der Waals surface area contributed by atoms with Crippen LogP contribution in [0.3, 0.4) is 0 Å². The standard InChI is InChI=1S/C25H38O5S/c1-17(2)30-25(29)9-7-5-4-6-8-21-22(24(28)15-23(21)27)13-12-20(26)11-10-19-14-18(3)31-16-19/h4,6,12-14,16-17,20-24,26-28H,5,7-11,15H2,1-3H3/t20?,21-,22-,23?,24?/m1/s1. The van der Waals surface area contributed by atoms with Crippen molar-refractivity contribution in [2.45, 2.75) is 90.1 Å². The van der Waals surface area contributed by atoms with E-state index < -0.39 is 18.3 Å². The molecule has 1 aromatic heterocycles. The first-order chi connectivity index (χ1) is 14.8. The minimum absolute atomic E-state index is 0.0693. The molecule has 0 amide bonds. The highest BCUT2D eigenvalue weighted by Crippen LogP contribution is 2.36. The fraction of sp³-hybridized carbons (Fsp3) is 0.640. The van der Waals surface area contributed by atoms with Crippen LogP contribution in [0.4, 0.5) is 0 Å². The number of aliphatic hydroxyl groups excluding tert-OH is 3. The molecular formula is C25H38O5S. The second-order valence-corrected chi connectivity index (χ2v) is 9.92.